The van der Waals surface area contributed by atoms with E-state index in [-0.39, 0.29) is 12.2 Å². The van der Waals surface area contributed by atoms with E-state index in [1.165, 1.54) is 71.1 Å². The van der Waals surface area contributed by atoms with Crippen LogP contribution in [-0.4, -0.2) is 16.7 Å². The molecule has 4 aliphatic rings. The first kappa shape index (κ1) is 23.1. The van der Waals surface area contributed by atoms with Crippen molar-refractivity contribution in [3.05, 3.63) is 126 Å². The van der Waals surface area contributed by atoms with Crippen LogP contribution in [0.3, 0.4) is 0 Å². The van der Waals surface area contributed by atoms with Crippen LogP contribution in [-0.2, 0) is 0 Å². The van der Waals surface area contributed by atoms with Gasteiger partial charge in [-0.05, 0) is 46.3 Å². The topological polar surface area (TPSA) is 34.5 Å². The van der Waals surface area contributed by atoms with Gasteiger partial charge in [0.25, 0.3) is 0 Å². The molecule has 0 amide bonds. The van der Waals surface area contributed by atoms with Gasteiger partial charge in [0.15, 0.2) is 5.71 Å². The third-order valence-electron chi connectivity index (χ3n) is 11.1. The summed E-state index contributed by atoms with van der Waals surface area (Å²) in [5.74, 6) is 0.307. The van der Waals surface area contributed by atoms with Crippen molar-refractivity contribution >= 4 is 95.8 Å². The molecule has 6 heteroatoms. The Morgan fingerprint density at radius 2 is 1.43 bits per heavy atom. The molecule has 46 heavy (non-hydrogen) atoms. The van der Waals surface area contributed by atoms with Gasteiger partial charge in [-0.3, -0.25) is 0 Å². The van der Waals surface area contributed by atoms with Crippen LogP contribution in [0.2, 0.25) is 0 Å². The maximum absolute atomic E-state index is 6.85. The fraction of sp³-hybridized carbons (Fsp3) is 0.0500. The summed E-state index contributed by atoms with van der Waals surface area (Å²) in [6.07, 6.45) is 0. The van der Waals surface area contributed by atoms with Crippen molar-refractivity contribution < 1.29 is 8.83 Å². The highest BCUT2D eigenvalue weighted by Gasteiger charge is 2.53. The Bertz CT molecular complexity index is 2900. The first-order valence-electron chi connectivity index (χ1n) is 16.0. The third-order valence-corrected chi connectivity index (χ3v) is 12.5. The molecular weight excluding hydrogens is 583 g/mol. The van der Waals surface area contributed by atoms with Gasteiger partial charge >= 0.3 is 6.85 Å². The molecular formula is C40H21BN2O2S. The summed E-state index contributed by atoms with van der Waals surface area (Å²) in [4.78, 5) is 4.07. The van der Waals surface area contributed by atoms with Crippen LogP contribution in [0.15, 0.2) is 129 Å². The lowest BCUT2D eigenvalue weighted by Crippen LogP contribution is -2.57. The monoisotopic (exact) mass is 604 g/mol. The lowest BCUT2D eigenvalue weighted by molar-refractivity contribution is 0.650. The number of aromatic nitrogens is 1. The summed E-state index contributed by atoms with van der Waals surface area (Å²) < 4.78 is 16.2. The van der Waals surface area contributed by atoms with Gasteiger partial charge < -0.3 is 18.2 Å². The van der Waals surface area contributed by atoms with Gasteiger partial charge in [-0.25, -0.2) is 0 Å². The predicted molar refractivity (Wildman–Crippen MR) is 189 cm³/mol. The Labute approximate surface area is 266 Å². The normalized spacial score (nSPS) is 18.3. The van der Waals surface area contributed by atoms with Gasteiger partial charge in [0.05, 0.1) is 10.8 Å². The highest BCUT2D eigenvalue weighted by Crippen LogP contribution is 2.61. The molecule has 13 rings (SSSR count). The van der Waals surface area contributed by atoms with Crippen LogP contribution in [0, 0.1) is 0 Å². The van der Waals surface area contributed by atoms with Gasteiger partial charge in [-0.15, -0.1) is 0 Å². The van der Waals surface area contributed by atoms with Gasteiger partial charge in [0.2, 0.25) is 0 Å². The van der Waals surface area contributed by atoms with E-state index < -0.39 is 0 Å². The lowest BCUT2D eigenvalue weighted by Gasteiger charge is -2.40. The van der Waals surface area contributed by atoms with E-state index in [1.807, 2.05) is 11.8 Å². The lowest BCUT2D eigenvalue weighted by atomic mass is 9.45. The van der Waals surface area contributed by atoms with E-state index in [9.17, 15) is 0 Å². The Hall–Kier alpha value is -5.33. The second-order valence-electron chi connectivity index (χ2n) is 13.1. The molecule has 4 nitrogen and oxygen atoms in total. The van der Waals surface area contributed by atoms with Crippen molar-refractivity contribution in [2.45, 2.75) is 16.2 Å². The van der Waals surface area contributed by atoms with Crippen LogP contribution in [0.5, 0.6) is 0 Å². The van der Waals surface area contributed by atoms with Gasteiger partial charge in [0, 0.05) is 60.4 Å². The SMILES string of the molecule is c1ccc2c(c1)SC1C2c2cccc3c2N1c1cc2c(oc4ccccc42)c2c1B3n1c3oc4ccccc4c3c3cccc-2c31. The molecule has 212 valence electrons. The summed E-state index contributed by atoms with van der Waals surface area (Å²) in [5.41, 5.74) is 15.6. The maximum Gasteiger partial charge on any atom is 0.336 e. The number of furan rings is 2. The number of fused-ring (bicyclic) bond motifs is 18. The number of para-hydroxylation sites is 4. The highest BCUT2D eigenvalue weighted by molar-refractivity contribution is 8.00. The van der Waals surface area contributed by atoms with Crippen LogP contribution in [0.1, 0.15) is 17.0 Å². The van der Waals surface area contributed by atoms with Gasteiger partial charge in [-0.2, -0.15) is 0 Å². The van der Waals surface area contributed by atoms with Gasteiger partial charge in [0.1, 0.15) is 16.7 Å². The average Bonchev–Trinajstić information content (AvgIpc) is 3.89. The van der Waals surface area contributed by atoms with Crippen LogP contribution in [0.4, 0.5) is 11.4 Å². The third kappa shape index (κ3) is 2.39. The number of hydrogen-bond donors (Lipinski definition) is 0. The molecule has 4 aliphatic heterocycles. The smallest absolute Gasteiger partial charge is 0.336 e. The van der Waals surface area contributed by atoms with E-state index in [0.29, 0.717) is 5.92 Å². The van der Waals surface area contributed by atoms with Crippen LogP contribution < -0.4 is 15.8 Å². The zero-order valence-corrected chi connectivity index (χ0v) is 25.1. The van der Waals surface area contributed by atoms with Crippen molar-refractivity contribution in [3.8, 4) is 11.1 Å². The summed E-state index contributed by atoms with van der Waals surface area (Å²) >= 11 is 2.01. The number of rotatable bonds is 0. The second kappa shape index (κ2) is 7.55. The molecule has 3 aromatic heterocycles. The van der Waals surface area contributed by atoms with E-state index >= 15 is 0 Å². The summed E-state index contributed by atoms with van der Waals surface area (Å²) in [6.45, 7) is -0.0525. The number of nitrogens with zero attached hydrogens (tertiary/aromatic N) is 2. The van der Waals surface area contributed by atoms with Gasteiger partial charge in [-0.1, -0.05) is 103 Å². The zero-order chi connectivity index (χ0) is 29.4. The zero-order valence-electron chi connectivity index (χ0n) is 24.3. The molecule has 9 aromatic rings. The number of anilines is 2. The van der Waals surface area contributed by atoms with Crippen molar-refractivity contribution in [2.24, 2.45) is 0 Å². The fourth-order valence-corrected chi connectivity index (χ4v) is 11.0. The Morgan fingerprint density at radius 3 is 2.37 bits per heavy atom. The average molecular weight is 604 g/mol. The minimum atomic E-state index is -0.0525. The molecule has 2 unspecified atom stereocenters. The fourth-order valence-electron chi connectivity index (χ4n) is 9.48. The van der Waals surface area contributed by atoms with Crippen molar-refractivity contribution in [2.75, 3.05) is 4.90 Å². The number of thioether (sulfide) groups is 1. The number of hydrogen-bond acceptors (Lipinski definition) is 4. The minimum absolute atomic E-state index is 0.0525. The first-order chi connectivity index (χ1) is 22.8. The summed E-state index contributed by atoms with van der Waals surface area (Å²) in [5, 5.41) is 6.18. The molecule has 0 N–H and O–H groups in total. The Kier molecular flexibility index (Phi) is 3.79. The Morgan fingerprint density at radius 1 is 0.674 bits per heavy atom. The molecule has 0 bridgehead atoms. The molecule has 0 saturated heterocycles. The highest BCUT2D eigenvalue weighted by atomic mass is 32.2. The van der Waals surface area contributed by atoms with Crippen molar-refractivity contribution in [1.82, 2.24) is 4.48 Å². The van der Waals surface area contributed by atoms with Crippen LogP contribution in [0.25, 0.3) is 66.0 Å². The van der Waals surface area contributed by atoms with E-state index in [1.54, 1.807) is 0 Å². The van der Waals surface area contributed by atoms with Crippen molar-refractivity contribution in [1.29, 1.82) is 0 Å². The summed E-state index contributed by atoms with van der Waals surface area (Å²) in [7, 11) is 0. The Balaban J connectivity index is 1.26. The molecule has 2 atom stereocenters. The second-order valence-corrected chi connectivity index (χ2v) is 14.2. The molecule has 0 spiro atoms. The predicted octanol–water partition coefficient (Wildman–Crippen LogP) is 9.10. The van der Waals surface area contributed by atoms with E-state index in [2.05, 4.69) is 125 Å². The van der Waals surface area contributed by atoms with E-state index in [0.717, 1.165) is 33.2 Å². The quantitative estimate of drug-likeness (QED) is 0.162. The number of benzene rings is 6. The maximum atomic E-state index is 6.85. The molecule has 0 saturated carbocycles. The molecule has 6 aromatic carbocycles. The van der Waals surface area contributed by atoms with E-state index in [4.69, 9.17) is 8.83 Å². The largest absolute Gasteiger partial charge is 0.455 e. The molecule has 0 aliphatic carbocycles. The molecule has 0 radical (unpaired) electrons. The minimum Gasteiger partial charge on any atom is -0.455 e. The molecule has 0 fully saturated rings. The molecule has 7 heterocycles. The summed E-state index contributed by atoms with van der Waals surface area (Å²) in [6, 6.07) is 42.2. The standard InChI is InChI=1S/C40H21BN2O2S/c1-4-16-29-20(9-1)26-19-28-35-34(38(26)44-29)25-13-7-12-23-32-21-10-2-5-17-30(21)45-39(32)43(36(23)25)41(35)27-15-8-14-24-33-22-11-3-6-18-31(22)46-40(33)42(28)37(24)27/h1-19,33,40H. The first-order valence-corrected chi connectivity index (χ1v) is 16.8. The van der Waals surface area contributed by atoms with Crippen LogP contribution >= 0.6 is 11.8 Å². The van der Waals surface area contributed by atoms with Crippen molar-refractivity contribution in [3.63, 3.8) is 0 Å².